The SMILES string of the molecule is C#CC(C)(C(C)CCN)C(C)Cc1ccccc1. The average Bonchev–Trinajstić information content (AvgIpc) is 2.39. The Hall–Kier alpha value is -1.26. The summed E-state index contributed by atoms with van der Waals surface area (Å²) in [5.41, 5.74) is 6.93. The summed E-state index contributed by atoms with van der Waals surface area (Å²) in [4.78, 5) is 0. The van der Waals surface area contributed by atoms with Gasteiger partial charge in [0.1, 0.15) is 0 Å². The molecule has 0 aliphatic carbocycles. The molecule has 2 N–H and O–H groups in total. The smallest absolute Gasteiger partial charge is 0.0338 e. The molecule has 1 heteroatoms. The second kappa shape index (κ2) is 6.61. The van der Waals surface area contributed by atoms with Crippen molar-refractivity contribution in [2.45, 2.75) is 33.6 Å². The van der Waals surface area contributed by atoms with E-state index in [0.29, 0.717) is 18.4 Å². The van der Waals surface area contributed by atoms with E-state index in [9.17, 15) is 0 Å². The molecular weight excluding hydrogens is 218 g/mol. The fraction of sp³-hybridized carbons (Fsp3) is 0.529. The van der Waals surface area contributed by atoms with Crippen molar-refractivity contribution in [1.82, 2.24) is 0 Å². The molecule has 0 aliphatic rings. The van der Waals surface area contributed by atoms with Gasteiger partial charge in [0, 0.05) is 5.41 Å². The fourth-order valence-corrected chi connectivity index (χ4v) is 2.50. The predicted octanol–water partition coefficient (Wildman–Crippen LogP) is 3.49. The first kappa shape index (κ1) is 14.8. The van der Waals surface area contributed by atoms with E-state index in [1.807, 2.05) is 6.07 Å². The van der Waals surface area contributed by atoms with Gasteiger partial charge in [0.05, 0.1) is 0 Å². The van der Waals surface area contributed by atoms with E-state index in [4.69, 9.17) is 12.2 Å². The second-order valence-corrected chi connectivity index (χ2v) is 5.50. The highest BCUT2D eigenvalue weighted by Gasteiger charge is 2.34. The molecule has 3 unspecified atom stereocenters. The van der Waals surface area contributed by atoms with Crippen LogP contribution in [0.25, 0.3) is 0 Å². The minimum absolute atomic E-state index is 0.0881. The van der Waals surface area contributed by atoms with Crippen molar-refractivity contribution in [1.29, 1.82) is 0 Å². The summed E-state index contributed by atoms with van der Waals surface area (Å²) < 4.78 is 0. The van der Waals surface area contributed by atoms with Gasteiger partial charge in [-0.15, -0.1) is 6.42 Å². The average molecular weight is 243 g/mol. The van der Waals surface area contributed by atoms with Crippen molar-refractivity contribution in [2.75, 3.05) is 6.54 Å². The number of hydrogen-bond acceptors (Lipinski definition) is 1. The Morgan fingerprint density at radius 3 is 2.33 bits per heavy atom. The van der Waals surface area contributed by atoms with Crippen molar-refractivity contribution in [3.8, 4) is 12.3 Å². The van der Waals surface area contributed by atoms with E-state index >= 15 is 0 Å². The van der Waals surface area contributed by atoms with Crippen LogP contribution in [0.1, 0.15) is 32.8 Å². The van der Waals surface area contributed by atoms with Crippen LogP contribution in [0.4, 0.5) is 0 Å². The first-order chi connectivity index (χ1) is 8.54. The van der Waals surface area contributed by atoms with Gasteiger partial charge in [-0.05, 0) is 43.7 Å². The lowest BCUT2D eigenvalue weighted by atomic mass is 9.67. The topological polar surface area (TPSA) is 26.0 Å². The van der Waals surface area contributed by atoms with Crippen LogP contribution in [0, 0.1) is 29.6 Å². The molecule has 18 heavy (non-hydrogen) atoms. The molecule has 3 atom stereocenters. The fourth-order valence-electron chi connectivity index (χ4n) is 2.50. The van der Waals surface area contributed by atoms with Crippen LogP contribution >= 0.6 is 0 Å². The molecule has 1 nitrogen and oxygen atoms in total. The lowest BCUT2D eigenvalue weighted by Gasteiger charge is -2.36. The Bertz CT molecular complexity index is 390. The van der Waals surface area contributed by atoms with Crippen LogP contribution in [0.2, 0.25) is 0 Å². The molecule has 0 saturated heterocycles. The Morgan fingerprint density at radius 2 is 1.83 bits per heavy atom. The van der Waals surface area contributed by atoms with Crippen LogP contribution < -0.4 is 5.73 Å². The first-order valence-electron chi connectivity index (χ1n) is 6.76. The Labute approximate surface area is 112 Å². The molecule has 0 aliphatic heterocycles. The maximum Gasteiger partial charge on any atom is 0.0338 e. The van der Waals surface area contributed by atoms with Crippen molar-refractivity contribution in [3.05, 3.63) is 35.9 Å². The molecule has 0 bridgehead atoms. The van der Waals surface area contributed by atoms with Gasteiger partial charge in [-0.25, -0.2) is 0 Å². The van der Waals surface area contributed by atoms with E-state index in [-0.39, 0.29) is 5.41 Å². The Morgan fingerprint density at radius 1 is 1.22 bits per heavy atom. The van der Waals surface area contributed by atoms with Crippen LogP contribution in [0.5, 0.6) is 0 Å². The van der Waals surface area contributed by atoms with E-state index in [1.54, 1.807) is 0 Å². The molecule has 0 aromatic heterocycles. The quantitative estimate of drug-likeness (QED) is 0.760. The van der Waals surface area contributed by atoms with Crippen LogP contribution in [-0.2, 0) is 6.42 Å². The molecule has 0 spiro atoms. The van der Waals surface area contributed by atoms with Crippen LogP contribution in [0.15, 0.2) is 30.3 Å². The summed E-state index contributed by atoms with van der Waals surface area (Å²) in [6, 6.07) is 10.5. The van der Waals surface area contributed by atoms with Crippen molar-refractivity contribution in [3.63, 3.8) is 0 Å². The standard InChI is InChI=1S/C17H25N/c1-5-17(4,14(2)11-12-18)15(3)13-16-9-7-6-8-10-16/h1,6-10,14-15H,11-13,18H2,2-4H3. The third-order valence-electron chi connectivity index (χ3n) is 4.34. The Balaban J connectivity index is 2.79. The molecule has 0 heterocycles. The number of rotatable bonds is 6. The molecule has 1 aromatic rings. The highest BCUT2D eigenvalue weighted by Crippen LogP contribution is 2.38. The van der Waals surface area contributed by atoms with Gasteiger partial charge in [0.2, 0.25) is 0 Å². The van der Waals surface area contributed by atoms with E-state index < -0.39 is 0 Å². The highest BCUT2D eigenvalue weighted by molar-refractivity contribution is 5.18. The van der Waals surface area contributed by atoms with Gasteiger partial charge in [0.15, 0.2) is 0 Å². The highest BCUT2D eigenvalue weighted by atomic mass is 14.5. The molecule has 0 saturated carbocycles. The van der Waals surface area contributed by atoms with Crippen molar-refractivity contribution >= 4 is 0 Å². The zero-order valence-corrected chi connectivity index (χ0v) is 11.8. The number of nitrogens with two attached hydrogens (primary N) is 1. The van der Waals surface area contributed by atoms with E-state index in [1.165, 1.54) is 5.56 Å². The van der Waals surface area contributed by atoms with Gasteiger partial charge >= 0.3 is 0 Å². The maximum atomic E-state index is 5.80. The molecular formula is C17H25N. The van der Waals surface area contributed by atoms with Crippen molar-refractivity contribution in [2.24, 2.45) is 23.0 Å². The van der Waals surface area contributed by atoms with E-state index in [0.717, 1.165) is 12.8 Å². The third-order valence-corrected chi connectivity index (χ3v) is 4.34. The molecule has 98 valence electrons. The summed E-state index contributed by atoms with van der Waals surface area (Å²) in [5, 5.41) is 0. The number of hydrogen-bond donors (Lipinski definition) is 1. The molecule has 1 rings (SSSR count). The lowest BCUT2D eigenvalue weighted by molar-refractivity contribution is 0.182. The van der Waals surface area contributed by atoms with Gasteiger partial charge < -0.3 is 5.73 Å². The van der Waals surface area contributed by atoms with Crippen LogP contribution in [0.3, 0.4) is 0 Å². The zero-order valence-electron chi connectivity index (χ0n) is 11.8. The normalized spacial score (nSPS) is 17.5. The first-order valence-corrected chi connectivity index (χ1v) is 6.76. The van der Waals surface area contributed by atoms with Gasteiger partial charge in [-0.1, -0.05) is 50.1 Å². The molecule has 0 radical (unpaired) electrons. The summed E-state index contributed by atoms with van der Waals surface area (Å²) in [6.07, 6.45) is 7.81. The maximum absolute atomic E-state index is 5.80. The van der Waals surface area contributed by atoms with Gasteiger partial charge in [0.25, 0.3) is 0 Å². The molecule has 0 amide bonds. The number of benzene rings is 1. The molecule has 1 aromatic carbocycles. The van der Waals surface area contributed by atoms with Crippen molar-refractivity contribution < 1.29 is 0 Å². The summed E-state index contributed by atoms with van der Waals surface area (Å²) in [6.45, 7) is 7.37. The number of terminal acetylenes is 1. The summed E-state index contributed by atoms with van der Waals surface area (Å²) in [7, 11) is 0. The third kappa shape index (κ3) is 3.37. The monoisotopic (exact) mass is 243 g/mol. The minimum Gasteiger partial charge on any atom is -0.330 e. The minimum atomic E-state index is -0.0881. The second-order valence-electron chi connectivity index (χ2n) is 5.50. The predicted molar refractivity (Wildman–Crippen MR) is 79.1 cm³/mol. The van der Waals surface area contributed by atoms with Crippen LogP contribution in [-0.4, -0.2) is 6.54 Å². The molecule has 0 fully saturated rings. The van der Waals surface area contributed by atoms with E-state index in [2.05, 4.69) is 51.0 Å². The zero-order chi connectivity index (χ0) is 13.6. The summed E-state index contributed by atoms with van der Waals surface area (Å²) in [5.74, 6) is 3.93. The largest absolute Gasteiger partial charge is 0.330 e. The summed E-state index contributed by atoms with van der Waals surface area (Å²) >= 11 is 0. The van der Waals surface area contributed by atoms with Gasteiger partial charge in [-0.2, -0.15) is 0 Å². The Kier molecular flexibility index (Phi) is 5.44. The van der Waals surface area contributed by atoms with Gasteiger partial charge in [-0.3, -0.25) is 0 Å². The lowest BCUT2D eigenvalue weighted by Crippen LogP contribution is -2.33.